The first kappa shape index (κ1) is 18.3. The van der Waals surface area contributed by atoms with E-state index < -0.39 is 0 Å². The molecule has 5 nitrogen and oxygen atoms in total. The van der Waals surface area contributed by atoms with Crippen molar-refractivity contribution in [2.24, 2.45) is 0 Å². The molecule has 0 saturated heterocycles. The van der Waals surface area contributed by atoms with Gasteiger partial charge in [0.1, 0.15) is 0 Å². The maximum atomic E-state index is 13.0. The number of carbonyl (C=O) groups is 1. The molecule has 27 heavy (non-hydrogen) atoms. The molecule has 0 amide bonds. The van der Waals surface area contributed by atoms with Crippen LogP contribution in [0.15, 0.2) is 40.0 Å². The number of halogens is 1. The summed E-state index contributed by atoms with van der Waals surface area (Å²) < 4.78 is 7.74. The summed E-state index contributed by atoms with van der Waals surface area (Å²) in [7, 11) is 0. The van der Waals surface area contributed by atoms with E-state index in [9.17, 15) is 4.79 Å². The molecule has 1 aliphatic carbocycles. The van der Waals surface area contributed by atoms with Crippen molar-refractivity contribution in [2.45, 2.75) is 50.0 Å². The third kappa shape index (κ3) is 3.69. The largest absolute Gasteiger partial charge is 0.416 e. The standard InChI is InChI=1S/C20H20ClN3O2S/c1-11-10-17(12(2)24(11)16-8-6-15(21)7-9-16)18(25)13(3)27-20-23-22-19(26-20)14-4-5-14/h6-10,13-14H,4-5H2,1-3H3/t13-/m1/s1. The Bertz CT molecular complexity index is 989. The summed E-state index contributed by atoms with van der Waals surface area (Å²) in [5.74, 6) is 1.16. The predicted octanol–water partition coefficient (Wildman–Crippen LogP) is 5.37. The highest BCUT2D eigenvalue weighted by Crippen LogP contribution is 2.40. The molecule has 4 rings (SSSR count). The van der Waals surface area contributed by atoms with Crippen LogP contribution in [0, 0.1) is 13.8 Å². The lowest BCUT2D eigenvalue weighted by Crippen LogP contribution is -2.14. The molecule has 140 valence electrons. The number of benzene rings is 1. The van der Waals surface area contributed by atoms with Crippen molar-refractivity contribution >= 4 is 29.1 Å². The second-order valence-corrected chi connectivity index (χ2v) is 8.63. The van der Waals surface area contributed by atoms with Gasteiger partial charge in [0.05, 0.1) is 5.25 Å². The Balaban J connectivity index is 1.55. The van der Waals surface area contributed by atoms with Crippen LogP contribution in [0.2, 0.25) is 5.02 Å². The third-order valence-electron chi connectivity index (χ3n) is 4.78. The van der Waals surface area contributed by atoms with Gasteiger partial charge in [-0.1, -0.05) is 23.4 Å². The Morgan fingerprint density at radius 3 is 2.63 bits per heavy atom. The van der Waals surface area contributed by atoms with Crippen molar-refractivity contribution in [3.8, 4) is 5.69 Å². The number of aryl methyl sites for hydroxylation is 1. The first-order chi connectivity index (χ1) is 12.9. The van der Waals surface area contributed by atoms with Crippen LogP contribution in [-0.4, -0.2) is 25.8 Å². The van der Waals surface area contributed by atoms with Gasteiger partial charge in [-0.25, -0.2) is 0 Å². The summed E-state index contributed by atoms with van der Waals surface area (Å²) in [6, 6.07) is 9.54. The van der Waals surface area contributed by atoms with E-state index >= 15 is 0 Å². The minimum Gasteiger partial charge on any atom is -0.416 e. The fraction of sp³-hybridized carbons (Fsp3) is 0.350. The Kier molecular flexibility index (Phi) is 4.86. The van der Waals surface area contributed by atoms with E-state index in [2.05, 4.69) is 14.8 Å². The average molecular weight is 402 g/mol. The van der Waals surface area contributed by atoms with Crippen molar-refractivity contribution in [3.63, 3.8) is 0 Å². The van der Waals surface area contributed by atoms with Gasteiger partial charge in [0.25, 0.3) is 5.22 Å². The molecule has 2 heterocycles. The highest BCUT2D eigenvalue weighted by molar-refractivity contribution is 8.00. The summed E-state index contributed by atoms with van der Waals surface area (Å²) in [6.45, 7) is 5.84. The summed E-state index contributed by atoms with van der Waals surface area (Å²) in [4.78, 5) is 13.0. The fourth-order valence-electron chi connectivity index (χ4n) is 3.19. The zero-order valence-electron chi connectivity index (χ0n) is 15.4. The molecule has 0 aliphatic heterocycles. The number of hydrogen-bond acceptors (Lipinski definition) is 5. The normalized spacial score (nSPS) is 15.1. The molecular formula is C20H20ClN3O2S. The van der Waals surface area contributed by atoms with Gasteiger partial charge in [0, 0.05) is 33.6 Å². The molecule has 1 saturated carbocycles. The van der Waals surface area contributed by atoms with Crippen LogP contribution < -0.4 is 0 Å². The molecule has 1 aliphatic rings. The van der Waals surface area contributed by atoms with Crippen molar-refractivity contribution in [1.29, 1.82) is 0 Å². The number of hydrogen-bond donors (Lipinski definition) is 0. The SMILES string of the molecule is Cc1cc(C(=O)[C@@H](C)Sc2nnc(C3CC3)o2)c(C)n1-c1ccc(Cl)cc1. The van der Waals surface area contributed by atoms with E-state index in [1.807, 2.05) is 51.1 Å². The Labute approximate surface area is 167 Å². The third-order valence-corrected chi connectivity index (χ3v) is 5.96. The van der Waals surface area contributed by atoms with Crippen LogP contribution in [0.5, 0.6) is 0 Å². The van der Waals surface area contributed by atoms with Gasteiger partial charge in [0.2, 0.25) is 5.89 Å². The minimum atomic E-state index is -0.309. The number of aromatic nitrogens is 3. The first-order valence-electron chi connectivity index (χ1n) is 8.93. The summed E-state index contributed by atoms with van der Waals surface area (Å²) in [5.41, 5.74) is 3.62. The summed E-state index contributed by atoms with van der Waals surface area (Å²) in [6.07, 6.45) is 2.22. The number of ketones is 1. The fourth-order valence-corrected chi connectivity index (χ4v) is 4.07. The Morgan fingerprint density at radius 2 is 1.96 bits per heavy atom. The molecule has 7 heteroatoms. The van der Waals surface area contributed by atoms with Crippen LogP contribution in [-0.2, 0) is 0 Å². The number of carbonyl (C=O) groups excluding carboxylic acids is 1. The number of rotatable bonds is 6. The lowest BCUT2D eigenvalue weighted by molar-refractivity contribution is 0.0993. The maximum absolute atomic E-state index is 13.0. The highest BCUT2D eigenvalue weighted by Gasteiger charge is 2.30. The van der Waals surface area contributed by atoms with Crippen LogP contribution in [0.25, 0.3) is 5.69 Å². The van der Waals surface area contributed by atoms with Crippen LogP contribution >= 0.6 is 23.4 Å². The quantitative estimate of drug-likeness (QED) is 0.410. The molecule has 0 spiro atoms. The molecule has 3 aromatic rings. The van der Waals surface area contributed by atoms with E-state index in [0.29, 0.717) is 27.6 Å². The zero-order chi connectivity index (χ0) is 19.1. The monoisotopic (exact) mass is 401 g/mol. The van der Waals surface area contributed by atoms with E-state index in [4.69, 9.17) is 16.0 Å². The molecule has 0 radical (unpaired) electrons. The van der Waals surface area contributed by atoms with Crippen molar-refractivity contribution < 1.29 is 9.21 Å². The smallest absolute Gasteiger partial charge is 0.277 e. The lowest BCUT2D eigenvalue weighted by Gasteiger charge is -2.11. The molecule has 0 bridgehead atoms. The molecule has 1 aromatic carbocycles. The topological polar surface area (TPSA) is 60.9 Å². The van der Waals surface area contributed by atoms with E-state index in [1.165, 1.54) is 11.8 Å². The second-order valence-electron chi connectivity index (χ2n) is 6.90. The number of Topliss-reactive ketones (excluding diaryl/α,β-unsaturated/α-hetero) is 1. The zero-order valence-corrected chi connectivity index (χ0v) is 17.0. The molecule has 0 N–H and O–H groups in total. The maximum Gasteiger partial charge on any atom is 0.277 e. The van der Waals surface area contributed by atoms with Gasteiger partial charge in [-0.3, -0.25) is 4.79 Å². The first-order valence-corrected chi connectivity index (χ1v) is 10.2. The van der Waals surface area contributed by atoms with Crippen LogP contribution in [0.4, 0.5) is 0 Å². The van der Waals surface area contributed by atoms with E-state index in [1.54, 1.807) is 0 Å². The van der Waals surface area contributed by atoms with E-state index in [-0.39, 0.29) is 11.0 Å². The molecular weight excluding hydrogens is 382 g/mol. The molecule has 2 aromatic heterocycles. The number of nitrogens with zero attached hydrogens (tertiary/aromatic N) is 3. The Hall–Kier alpha value is -2.05. The van der Waals surface area contributed by atoms with Gasteiger partial charge in [-0.05, 0) is 63.9 Å². The van der Waals surface area contributed by atoms with Crippen LogP contribution in [0.1, 0.15) is 53.3 Å². The summed E-state index contributed by atoms with van der Waals surface area (Å²) >= 11 is 7.31. The van der Waals surface area contributed by atoms with Crippen molar-refractivity contribution in [1.82, 2.24) is 14.8 Å². The van der Waals surface area contributed by atoms with Crippen molar-refractivity contribution in [2.75, 3.05) is 0 Å². The predicted molar refractivity (Wildman–Crippen MR) is 106 cm³/mol. The van der Waals surface area contributed by atoms with E-state index in [0.717, 1.165) is 29.9 Å². The lowest BCUT2D eigenvalue weighted by atomic mass is 10.1. The number of thioether (sulfide) groups is 1. The van der Waals surface area contributed by atoms with Gasteiger partial charge >= 0.3 is 0 Å². The average Bonchev–Trinajstić information content (AvgIpc) is 3.32. The highest BCUT2D eigenvalue weighted by atomic mass is 35.5. The van der Waals surface area contributed by atoms with Gasteiger partial charge in [-0.2, -0.15) is 0 Å². The Morgan fingerprint density at radius 1 is 1.26 bits per heavy atom. The summed E-state index contributed by atoms with van der Waals surface area (Å²) in [5, 5.41) is 8.99. The van der Waals surface area contributed by atoms with Gasteiger partial charge in [0.15, 0.2) is 5.78 Å². The van der Waals surface area contributed by atoms with Crippen molar-refractivity contribution in [3.05, 3.63) is 58.2 Å². The molecule has 0 unspecified atom stereocenters. The molecule has 1 fully saturated rings. The van der Waals surface area contributed by atoms with Crippen LogP contribution in [0.3, 0.4) is 0 Å². The van der Waals surface area contributed by atoms with Gasteiger partial charge < -0.3 is 8.98 Å². The second kappa shape index (κ2) is 7.17. The molecule has 1 atom stereocenters. The minimum absolute atomic E-state index is 0.0551. The van der Waals surface area contributed by atoms with Gasteiger partial charge in [-0.15, -0.1) is 10.2 Å².